The summed E-state index contributed by atoms with van der Waals surface area (Å²) in [6.07, 6.45) is 2.18. The second-order valence-corrected chi connectivity index (χ2v) is 8.08. The lowest BCUT2D eigenvalue weighted by atomic mass is 9.98. The van der Waals surface area contributed by atoms with Crippen molar-refractivity contribution >= 4 is 11.8 Å². The Bertz CT molecular complexity index is 723. The van der Waals surface area contributed by atoms with E-state index in [2.05, 4.69) is 11.8 Å². The molecule has 2 aliphatic rings. The molecule has 0 radical (unpaired) electrons. The highest BCUT2D eigenvalue weighted by Crippen LogP contribution is 2.28. The van der Waals surface area contributed by atoms with E-state index in [0.717, 1.165) is 25.9 Å². The second kappa shape index (κ2) is 9.48. The smallest absolute Gasteiger partial charge is 0.254 e. The molecule has 0 N–H and O–H groups in total. The van der Waals surface area contributed by atoms with Gasteiger partial charge in [-0.1, -0.05) is 6.92 Å². The van der Waals surface area contributed by atoms with Gasteiger partial charge in [0.15, 0.2) is 11.5 Å². The first-order valence-corrected chi connectivity index (χ1v) is 10.5. The molecule has 2 fully saturated rings. The zero-order valence-corrected chi connectivity index (χ0v) is 18.0. The Morgan fingerprint density at radius 2 is 1.55 bits per heavy atom. The monoisotopic (exact) mass is 403 g/mol. The van der Waals surface area contributed by atoms with E-state index in [9.17, 15) is 9.59 Å². The number of rotatable bonds is 5. The van der Waals surface area contributed by atoms with E-state index in [4.69, 9.17) is 9.47 Å². The minimum absolute atomic E-state index is 0.0189. The predicted molar refractivity (Wildman–Crippen MR) is 111 cm³/mol. The maximum atomic E-state index is 12.9. The van der Waals surface area contributed by atoms with Crippen molar-refractivity contribution in [2.75, 3.05) is 53.5 Å². The van der Waals surface area contributed by atoms with Gasteiger partial charge in [-0.05, 0) is 43.9 Å². The van der Waals surface area contributed by atoms with Crippen LogP contribution in [0, 0.1) is 5.92 Å². The van der Waals surface area contributed by atoms with Gasteiger partial charge >= 0.3 is 0 Å². The van der Waals surface area contributed by atoms with Crippen molar-refractivity contribution in [3.8, 4) is 11.5 Å². The number of amides is 2. The van der Waals surface area contributed by atoms with E-state index in [0.29, 0.717) is 49.2 Å². The molecule has 1 unspecified atom stereocenters. The number of hydrogen-bond acceptors (Lipinski definition) is 5. The fourth-order valence-corrected chi connectivity index (χ4v) is 4.11. The van der Waals surface area contributed by atoms with Crippen LogP contribution >= 0.6 is 0 Å². The van der Waals surface area contributed by atoms with Gasteiger partial charge in [-0.15, -0.1) is 0 Å². The van der Waals surface area contributed by atoms with E-state index in [1.165, 1.54) is 0 Å². The number of carbonyl (C=O) groups is 2. The summed E-state index contributed by atoms with van der Waals surface area (Å²) in [5.41, 5.74) is 0.586. The normalized spacial score (nSPS) is 19.7. The van der Waals surface area contributed by atoms with Crippen LogP contribution in [0.15, 0.2) is 18.2 Å². The van der Waals surface area contributed by atoms with Crippen LogP contribution in [-0.2, 0) is 4.79 Å². The Morgan fingerprint density at radius 3 is 2.14 bits per heavy atom. The minimum atomic E-state index is -0.137. The Kier molecular flexibility index (Phi) is 7.00. The van der Waals surface area contributed by atoms with Crippen LogP contribution in [0.5, 0.6) is 11.5 Å². The topological polar surface area (TPSA) is 62.3 Å². The van der Waals surface area contributed by atoms with Crippen LogP contribution in [0.2, 0.25) is 0 Å². The molecule has 1 aromatic rings. The van der Waals surface area contributed by atoms with E-state index in [-0.39, 0.29) is 17.9 Å². The van der Waals surface area contributed by atoms with Crippen molar-refractivity contribution in [2.45, 2.75) is 32.7 Å². The third kappa shape index (κ3) is 4.83. The fraction of sp³-hybridized carbons (Fsp3) is 0.636. The molecule has 2 aliphatic heterocycles. The summed E-state index contributed by atoms with van der Waals surface area (Å²) in [5.74, 6) is 2.06. The van der Waals surface area contributed by atoms with E-state index < -0.39 is 0 Å². The molecule has 2 saturated heterocycles. The number of ether oxygens (including phenoxy) is 2. The largest absolute Gasteiger partial charge is 0.493 e. The zero-order chi connectivity index (χ0) is 21.0. The fourth-order valence-electron chi connectivity index (χ4n) is 4.11. The maximum absolute atomic E-state index is 12.9. The van der Waals surface area contributed by atoms with E-state index in [1.807, 2.05) is 16.7 Å². The summed E-state index contributed by atoms with van der Waals surface area (Å²) < 4.78 is 10.5. The van der Waals surface area contributed by atoms with Gasteiger partial charge in [0.1, 0.15) is 0 Å². The summed E-state index contributed by atoms with van der Waals surface area (Å²) in [6, 6.07) is 5.10. The lowest BCUT2D eigenvalue weighted by Gasteiger charge is -2.40. The lowest BCUT2D eigenvalue weighted by molar-refractivity contribution is -0.138. The van der Waals surface area contributed by atoms with Gasteiger partial charge in [0.05, 0.1) is 20.3 Å². The van der Waals surface area contributed by atoms with Crippen LogP contribution in [0.25, 0.3) is 0 Å². The van der Waals surface area contributed by atoms with Crippen molar-refractivity contribution in [3.05, 3.63) is 23.8 Å². The second-order valence-electron chi connectivity index (χ2n) is 8.08. The van der Waals surface area contributed by atoms with Gasteiger partial charge in [0, 0.05) is 44.8 Å². The standard InChI is InChI=1S/C22H33N3O4/c1-16-7-9-24(10-8-16)21(26)17(2)23-11-13-25(14-12-23)22(27)18-5-6-19(28-3)20(15-18)29-4/h5-6,15-17H,7-14H2,1-4H3. The molecule has 1 aromatic carbocycles. The summed E-state index contributed by atoms with van der Waals surface area (Å²) in [7, 11) is 3.14. The molecule has 2 amide bonds. The van der Waals surface area contributed by atoms with Gasteiger partial charge in [-0.25, -0.2) is 0 Å². The highest BCUT2D eigenvalue weighted by Gasteiger charge is 2.31. The molecule has 29 heavy (non-hydrogen) atoms. The van der Waals surface area contributed by atoms with Crippen molar-refractivity contribution in [1.82, 2.24) is 14.7 Å². The predicted octanol–water partition coefficient (Wildman–Crippen LogP) is 2.11. The van der Waals surface area contributed by atoms with Gasteiger partial charge in [0.2, 0.25) is 5.91 Å². The zero-order valence-electron chi connectivity index (χ0n) is 18.0. The first-order chi connectivity index (χ1) is 13.9. The number of piperidine rings is 1. The molecule has 7 nitrogen and oxygen atoms in total. The quantitative estimate of drug-likeness (QED) is 0.754. The van der Waals surface area contributed by atoms with Crippen molar-refractivity contribution in [3.63, 3.8) is 0 Å². The molecule has 0 aromatic heterocycles. The molecule has 0 spiro atoms. The molecule has 0 saturated carbocycles. The van der Waals surface area contributed by atoms with Crippen LogP contribution in [-0.4, -0.2) is 86.0 Å². The molecule has 0 aliphatic carbocycles. The first-order valence-electron chi connectivity index (χ1n) is 10.5. The molecule has 160 valence electrons. The average Bonchev–Trinajstić information content (AvgIpc) is 2.77. The highest BCUT2D eigenvalue weighted by molar-refractivity contribution is 5.95. The summed E-state index contributed by atoms with van der Waals surface area (Å²) in [4.78, 5) is 31.8. The molecular formula is C22H33N3O4. The number of carbonyl (C=O) groups excluding carboxylic acids is 2. The Labute approximate surface area is 173 Å². The minimum Gasteiger partial charge on any atom is -0.493 e. The van der Waals surface area contributed by atoms with E-state index >= 15 is 0 Å². The van der Waals surface area contributed by atoms with E-state index in [1.54, 1.807) is 32.4 Å². The SMILES string of the molecule is COc1ccc(C(=O)N2CCN(C(C)C(=O)N3CCC(C)CC3)CC2)cc1OC. The Morgan fingerprint density at radius 1 is 0.931 bits per heavy atom. The lowest BCUT2D eigenvalue weighted by Crippen LogP contribution is -2.56. The molecule has 3 rings (SSSR count). The van der Waals surface area contributed by atoms with Crippen LogP contribution in [0.3, 0.4) is 0 Å². The summed E-state index contributed by atoms with van der Waals surface area (Å²) >= 11 is 0. The third-order valence-electron chi connectivity index (χ3n) is 6.23. The van der Waals surface area contributed by atoms with Crippen molar-refractivity contribution in [1.29, 1.82) is 0 Å². The first kappa shape index (κ1) is 21.4. The number of hydrogen-bond donors (Lipinski definition) is 0. The summed E-state index contributed by atoms with van der Waals surface area (Å²) in [5, 5.41) is 0. The molecule has 1 atom stereocenters. The molecular weight excluding hydrogens is 370 g/mol. The highest BCUT2D eigenvalue weighted by atomic mass is 16.5. The Balaban J connectivity index is 1.55. The Hall–Kier alpha value is -2.28. The van der Waals surface area contributed by atoms with Crippen LogP contribution in [0.4, 0.5) is 0 Å². The average molecular weight is 404 g/mol. The number of methoxy groups -OCH3 is 2. The number of nitrogens with zero attached hydrogens (tertiary/aromatic N) is 3. The van der Waals surface area contributed by atoms with Crippen molar-refractivity contribution in [2.24, 2.45) is 5.92 Å². The summed E-state index contributed by atoms with van der Waals surface area (Å²) in [6.45, 7) is 8.60. The van der Waals surface area contributed by atoms with Gasteiger partial charge in [0.25, 0.3) is 5.91 Å². The van der Waals surface area contributed by atoms with Gasteiger partial charge in [-0.2, -0.15) is 0 Å². The van der Waals surface area contributed by atoms with Gasteiger partial charge in [-0.3, -0.25) is 14.5 Å². The van der Waals surface area contributed by atoms with Gasteiger partial charge < -0.3 is 19.3 Å². The van der Waals surface area contributed by atoms with Crippen LogP contribution < -0.4 is 9.47 Å². The molecule has 0 bridgehead atoms. The number of piperazine rings is 1. The van der Waals surface area contributed by atoms with Crippen LogP contribution in [0.1, 0.15) is 37.0 Å². The molecule has 2 heterocycles. The number of benzene rings is 1. The number of likely N-dealkylation sites (tertiary alicyclic amines) is 1. The molecule has 7 heteroatoms. The van der Waals surface area contributed by atoms with Crippen molar-refractivity contribution < 1.29 is 19.1 Å². The maximum Gasteiger partial charge on any atom is 0.254 e. The third-order valence-corrected chi connectivity index (χ3v) is 6.23.